The monoisotopic (exact) mass is 271 g/mol. The Bertz CT molecular complexity index is 422. The summed E-state index contributed by atoms with van der Waals surface area (Å²) in [4.78, 5) is 10.9. The normalized spacial score (nSPS) is 18.3. The van der Waals surface area contributed by atoms with E-state index in [9.17, 15) is 13.6 Å². The molecule has 0 aliphatic carbocycles. The fraction of sp³-hybridized carbons (Fsp3) is 0.462. The number of amides is 1. The van der Waals surface area contributed by atoms with Crippen molar-refractivity contribution in [2.75, 3.05) is 13.2 Å². The van der Waals surface area contributed by atoms with Gasteiger partial charge in [0.25, 0.3) is 0 Å². The molecule has 2 rings (SSSR count). The minimum Gasteiger partial charge on any atom is -0.494 e. The molecule has 19 heavy (non-hydrogen) atoms. The second kappa shape index (κ2) is 6.36. The Labute approximate surface area is 109 Å². The number of alkyl halides is 2. The first kappa shape index (κ1) is 13.6. The van der Waals surface area contributed by atoms with Crippen molar-refractivity contribution in [1.29, 1.82) is 0 Å². The SMILES string of the molecule is O=C1NC(c2ccc(OCCCC(F)F)cc2)CO1. The third-order valence-electron chi connectivity index (χ3n) is 2.79. The Morgan fingerprint density at radius 1 is 1.37 bits per heavy atom. The fourth-order valence-corrected chi connectivity index (χ4v) is 1.79. The van der Waals surface area contributed by atoms with Crippen LogP contribution in [0, 0.1) is 0 Å². The predicted molar refractivity (Wildman–Crippen MR) is 64.4 cm³/mol. The molecule has 1 aromatic carbocycles. The summed E-state index contributed by atoms with van der Waals surface area (Å²) in [6, 6.07) is 7.01. The first-order valence-electron chi connectivity index (χ1n) is 6.09. The van der Waals surface area contributed by atoms with Crippen LogP contribution in [0.2, 0.25) is 0 Å². The zero-order valence-electron chi connectivity index (χ0n) is 10.3. The summed E-state index contributed by atoms with van der Waals surface area (Å²) in [5.74, 6) is 0.628. The zero-order chi connectivity index (χ0) is 13.7. The van der Waals surface area contributed by atoms with Gasteiger partial charge in [-0.05, 0) is 24.1 Å². The van der Waals surface area contributed by atoms with E-state index < -0.39 is 12.5 Å². The molecule has 0 radical (unpaired) electrons. The number of hydrogen-bond donors (Lipinski definition) is 1. The average molecular weight is 271 g/mol. The van der Waals surface area contributed by atoms with Crippen LogP contribution in [0.3, 0.4) is 0 Å². The molecule has 0 aromatic heterocycles. The molecule has 0 bridgehead atoms. The van der Waals surface area contributed by atoms with Gasteiger partial charge >= 0.3 is 6.09 Å². The van der Waals surface area contributed by atoms with Crippen molar-refractivity contribution < 1.29 is 23.0 Å². The molecule has 0 saturated carbocycles. The first-order chi connectivity index (χ1) is 9.15. The van der Waals surface area contributed by atoms with Crippen LogP contribution in [0.25, 0.3) is 0 Å². The lowest BCUT2D eigenvalue weighted by Crippen LogP contribution is -2.18. The van der Waals surface area contributed by atoms with E-state index in [4.69, 9.17) is 9.47 Å². The average Bonchev–Trinajstić information content (AvgIpc) is 2.82. The van der Waals surface area contributed by atoms with E-state index in [-0.39, 0.29) is 19.1 Å². The molecule has 1 aromatic rings. The van der Waals surface area contributed by atoms with Crippen molar-refractivity contribution >= 4 is 6.09 Å². The summed E-state index contributed by atoms with van der Waals surface area (Å²) in [5, 5.41) is 2.67. The van der Waals surface area contributed by atoms with Crippen LogP contribution in [0.4, 0.5) is 13.6 Å². The van der Waals surface area contributed by atoms with Gasteiger partial charge in [-0.15, -0.1) is 0 Å². The second-order valence-corrected chi connectivity index (χ2v) is 4.25. The number of benzene rings is 1. The van der Waals surface area contributed by atoms with Gasteiger partial charge in [0.1, 0.15) is 12.4 Å². The van der Waals surface area contributed by atoms with Crippen molar-refractivity contribution in [2.45, 2.75) is 25.3 Å². The van der Waals surface area contributed by atoms with Gasteiger partial charge < -0.3 is 14.8 Å². The molecule has 1 saturated heterocycles. The van der Waals surface area contributed by atoms with Gasteiger partial charge in [0.05, 0.1) is 12.6 Å². The topological polar surface area (TPSA) is 47.6 Å². The molecule has 104 valence electrons. The Kier molecular flexibility index (Phi) is 4.54. The minimum absolute atomic E-state index is 0.139. The van der Waals surface area contributed by atoms with Gasteiger partial charge in [-0.3, -0.25) is 0 Å². The number of ether oxygens (including phenoxy) is 2. The van der Waals surface area contributed by atoms with E-state index in [0.29, 0.717) is 18.8 Å². The van der Waals surface area contributed by atoms with Crippen LogP contribution >= 0.6 is 0 Å². The minimum atomic E-state index is -2.28. The number of halogens is 2. The Morgan fingerprint density at radius 2 is 2.11 bits per heavy atom. The Morgan fingerprint density at radius 3 is 2.68 bits per heavy atom. The molecule has 1 heterocycles. The molecule has 1 aliphatic rings. The molecule has 1 amide bonds. The largest absolute Gasteiger partial charge is 0.494 e. The summed E-state index contributed by atoms with van der Waals surface area (Å²) < 4.78 is 34.0. The lowest BCUT2D eigenvalue weighted by Gasteiger charge is -2.10. The quantitative estimate of drug-likeness (QED) is 0.809. The number of carbonyl (C=O) groups is 1. The van der Waals surface area contributed by atoms with Gasteiger partial charge in [0.2, 0.25) is 6.43 Å². The van der Waals surface area contributed by atoms with E-state index in [1.807, 2.05) is 12.1 Å². The second-order valence-electron chi connectivity index (χ2n) is 4.25. The van der Waals surface area contributed by atoms with E-state index >= 15 is 0 Å². The highest BCUT2D eigenvalue weighted by Crippen LogP contribution is 2.21. The third kappa shape index (κ3) is 4.08. The van der Waals surface area contributed by atoms with Gasteiger partial charge in [0.15, 0.2) is 0 Å². The van der Waals surface area contributed by atoms with Crippen molar-refractivity contribution in [2.24, 2.45) is 0 Å². The van der Waals surface area contributed by atoms with E-state index in [1.165, 1.54) is 0 Å². The van der Waals surface area contributed by atoms with Crippen LogP contribution in [0.5, 0.6) is 5.75 Å². The number of nitrogens with one attached hydrogen (secondary N) is 1. The van der Waals surface area contributed by atoms with Crippen molar-refractivity contribution in [3.63, 3.8) is 0 Å². The molecular weight excluding hydrogens is 256 g/mol. The Hall–Kier alpha value is -1.85. The van der Waals surface area contributed by atoms with Crippen LogP contribution in [-0.2, 0) is 4.74 Å². The van der Waals surface area contributed by atoms with Crippen LogP contribution < -0.4 is 10.1 Å². The van der Waals surface area contributed by atoms with E-state index in [1.54, 1.807) is 12.1 Å². The fourth-order valence-electron chi connectivity index (χ4n) is 1.79. The van der Waals surface area contributed by atoms with Crippen molar-refractivity contribution in [3.05, 3.63) is 29.8 Å². The van der Waals surface area contributed by atoms with Gasteiger partial charge in [0, 0.05) is 6.42 Å². The molecule has 1 unspecified atom stereocenters. The standard InChI is InChI=1S/C13H15F2NO3/c14-12(15)2-1-7-18-10-5-3-9(4-6-10)11-8-19-13(17)16-11/h3-6,11-12H,1-2,7-8H2,(H,16,17). The van der Waals surface area contributed by atoms with Gasteiger partial charge in [-0.2, -0.15) is 0 Å². The van der Waals surface area contributed by atoms with Crippen molar-refractivity contribution in [3.8, 4) is 5.75 Å². The third-order valence-corrected chi connectivity index (χ3v) is 2.79. The smallest absolute Gasteiger partial charge is 0.407 e. The number of cyclic esters (lactones) is 1. The van der Waals surface area contributed by atoms with Crippen LogP contribution in [0.1, 0.15) is 24.4 Å². The first-order valence-corrected chi connectivity index (χ1v) is 6.09. The maximum absolute atomic E-state index is 11.9. The lowest BCUT2D eigenvalue weighted by atomic mass is 10.1. The number of carbonyl (C=O) groups excluding carboxylic acids is 1. The Balaban J connectivity index is 1.80. The van der Waals surface area contributed by atoms with Crippen LogP contribution in [0.15, 0.2) is 24.3 Å². The maximum atomic E-state index is 11.9. The molecule has 4 nitrogen and oxygen atoms in total. The number of rotatable bonds is 6. The highest BCUT2D eigenvalue weighted by atomic mass is 19.3. The summed E-state index contributed by atoms with van der Waals surface area (Å²) in [5.41, 5.74) is 0.922. The molecule has 6 heteroatoms. The van der Waals surface area contributed by atoms with Gasteiger partial charge in [-0.1, -0.05) is 12.1 Å². The maximum Gasteiger partial charge on any atom is 0.407 e. The van der Waals surface area contributed by atoms with Gasteiger partial charge in [-0.25, -0.2) is 13.6 Å². The zero-order valence-corrected chi connectivity index (χ0v) is 10.3. The van der Waals surface area contributed by atoms with E-state index in [0.717, 1.165) is 5.56 Å². The summed E-state index contributed by atoms with van der Waals surface area (Å²) >= 11 is 0. The molecule has 1 N–H and O–H groups in total. The molecule has 0 spiro atoms. The molecule has 1 atom stereocenters. The highest BCUT2D eigenvalue weighted by Gasteiger charge is 2.23. The highest BCUT2D eigenvalue weighted by molar-refractivity contribution is 5.70. The predicted octanol–water partition coefficient (Wildman–Crippen LogP) is 2.89. The summed E-state index contributed by atoms with van der Waals surface area (Å²) in [6.07, 6.45) is -2.52. The molecule has 1 aliphatic heterocycles. The van der Waals surface area contributed by atoms with E-state index in [2.05, 4.69) is 5.32 Å². The number of hydrogen-bond acceptors (Lipinski definition) is 3. The lowest BCUT2D eigenvalue weighted by molar-refractivity contribution is 0.127. The molecular formula is C13H15F2NO3. The van der Waals surface area contributed by atoms with Crippen LogP contribution in [-0.4, -0.2) is 25.7 Å². The van der Waals surface area contributed by atoms with Crippen molar-refractivity contribution in [1.82, 2.24) is 5.32 Å². The molecule has 1 fully saturated rings. The number of alkyl carbamates (subject to hydrolysis) is 1. The summed E-state index contributed by atoms with van der Waals surface area (Å²) in [7, 11) is 0. The summed E-state index contributed by atoms with van der Waals surface area (Å²) in [6.45, 7) is 0.584.